The lowest BCUT2D eigenvalue weighted by Gasteiger charge is -2.09. The van der Waals surface area contributed by atoms with Crippen LogP contribution in [0.15, 0.2) is 17.0 Å². The van der Waals surface area contributed by atoms with Crippen molar-refractivity contribution in [3.05, 3.63) is 22.7 Å². The number of hydrogen-bond donors (Lipinski definition) is 2. The molecule has 16 heavy (non-hydrogen) atoms. The Hall–Kier alpha value is -1.22. The Labute approximate surface area is 99.8 Å². The van der Waals surface area contributed by atoms with E-state index in [2.05, 4.69) is 10.6 Å². The van der Waals surface area contributed by atoms with E-state index in [1.165, 1.54) is 12.1 Å². The number of nitrogens with one attached hydrogen (secondary N) is 1. The molecule has 1 aromatic rings. The third-order valence-corrected chi connectivity index (χ3v) is 3.84. The summed E-state index contributed by atoms with van der Waals surface area (Å²) in [6.07, 6.45) is 4.97. The third-order valence-electron chi connectivity index (χ3n) is 1.97. The number of hydrogen-bond acceptors (Lipinski definition) is 3. The second-order valence-corrected chi connectivity index (χ2v) is 5.31. The zero-order valence-corrected chi connectivity index (χ0v) is 10.2. The average molecular weight is 259 g/mol. The second kappa shape index (κ2) is 4.74. The number of aryl methyl sites for hydroxylation is 1. The van der Waals surface area contributed by atoms with Crippen molar-refractivity contribution in [1.82, 2.24) is 4.72 Å². The van der Waals surface area contributed by atoms with Crippen molar-refractivity contribution in [3.63, 3.8) is 0 Å². The van der Waals surface area contributed by atoms with E-state index < -0.39 is 10.0 Å². The number of sulfonamides is 1. The minimum Gasteiger partial charge on any atom is -0.398 e. The molecule has 0 aromatic heterocycles. The predicted molar refractivity (Wildman–Crippen MR) is 64.6 cm³/mol. The largest absolute Gasteiger partial charge is 0.398 e. The van der Waals surface area contributed by atoms with Crippen LogP contribution in [0, 0.1) is 19.3 Å². The molecule has 0 atom stereocenters. The molecule has 0 amide bonds. The predicted octanol–water partition coefficient (Wildman–Crippen LogP) is 1.14. The molecule has 3 N–H and O–H groups in total. The lowest BCUT2D eigenvalue weighted by Crippen LogP contribution is -2.24. The molecule has 1 aromatic carbocycles. The van der Waals surface area contributed by atoms with Gasteiger partial charge in [0.25, 0.3) is 0 Å². The van der Waals surface area contributed by atoms with Crippen LogP contribution in [0.5, 0.6) is 0 Å². The summed E-state index contributed by atoms with van der Waals surface area (Å²) in [7, 11) is -3.70. The van der Waals surface area contributed by atoms with Gasteiger partial charge in [0.15, 0.2) is 0 Å². The first kappa shape index (κ1) is 12.8. The molecular weight excluding hydrogens is 248 g/mol. The van der Waals surface area contributed by atoms with Crippen LogP contribution in [-0.4, -0.2) is 15.0 Å². The molecule has 0 bridgehead atoms. The molecule has 1 rings (SSSR count). The number of nitrogens with two attached hydrogens (primary N) is 1. The third kappa shape index (κ3) is 2.67. The maximum Gasteiger partial charge on any atom is 0.242 e. The first-order chi connectivity index (χ1) is 7.38. The topological polar surface area (TPSA) is 72.2 Å². The van der Waals surface area contributed by atoms with Crippen molar-refractivity contribution in [3.8, 4) is 12.3 Å². The molecule has 0 heterocycles. The fourth-order valence-corrected chi connectivity index (χ4v) is 2.64. The molecule has 0 saturated carbocycles. The number of anilines is 1. The SMILES string of the molecule is C#CCNS(=O)(=O)c1cc(N)c(C)cc1Cl. The smallest absolute Gasteiger partial charge is 0.242 e. The Morgan fingerprint density at radius 1 is 1.56 bits per heavy atom. The average Bonchev–Trinajstić information content (AvgIpc) is 2.20. The van der Waals surface area contributed by atoms with Gasteiger partial charge in [-0.1, -0.05) is 17.5 Å². The van der Waals surface area contributed by atoms with Gasteiger partial charge in [-0.15, -0.1) is 6.42 Å². The van der Waals surface area contributed by atoms with E-state index >= 15 is 0 Å². The van der Waals surface area contributed by atoms with E-state index in [4.69, 9.17) is 23.8 Å². The molecule has 0 aliphatic rings. The van der Waals surface area contributed by atoms with Gasteiger partial charge in [-0.05, 0) is 24.6 Å². The van der Waals surface area contributed by atoms with Crippen LogP contribution in [0.1, 0.15) is 5.56 Å². The van der Waals surface area contributed by atoms with E-state index in [1.807, 2.05) is 0 Å². The van der Waals surface area contributed by atoms with E-state index in [1.54, 1.807) is 6.92 Å². The number of nitrogen functional groups attached to an aromatic ring is 1. The fraction of sp³-hybridized carbons (Fsp3) is 0.200. The van der Waals surface area contributed by atoms with Crippen LogP contribution in [0.25, 0.3) is 0 Å². The van der Waals surface area contributed by atoms with E-state index in [0.717, 1.165) is 5.56 Å². The molecule has 0 unspecified atom stereocenters. The Morgan fingerprint density at radius 3 is 2.75 bits per heavy atom. The molecule has 0 radical (unpaired) electrons. The number of halogens is 1. The molecular formula is C10H11ClN2O2S. The van der Waals surface area contributed by atoms with Crippen molar-refractivity contribution in [1.29, 1.82) is 0 Å². The molecule has 4 nitrogen and oxygen atoms in total. The number of terminal acetylenes is 1. The molecule has 0 aliphatic heterocycles. The summed E-state index contributed by atoms with van der Waals surface area (Å²) in [5.74, 6) is 2.17. The second-order valence-electron chi connectivity index (χ2n) is 3.17. The van der Waals surface area contributed by atoms with Gasteiger partial charge < -0.3 is 5.73 Å². The summed E-state index contributed by atoms with van der Waals surface area (Å²) < 4.78 is 25.7. The molecule has 0 saturated heterocycles. The minimum absolute atomic E-state index is 0.0625. The van der Waals surface area contributed by atoms with Gasteiger partial charge in [0, 0.05) is 5.69 Å². The zero-order valence-electron chi connectivity index (χ0n) is 8.62. The highest BCUT2D eigenvalue weighted by molar-refractivity contribution is 7.89. The highest BCUT2D eigenvalue weighted by atomic mass is 35.5. The quantitative estimate of drug-likeness (QED) is 0.631. The van der Waals surface area contributed by atoms with Crippen LogP contribution in [-0.2, 0) is 10.0 Å². The van der Waals surface area contributed by atoms with Crippen LogP contribution >= 0.6 is 11.6 Å². The van der Waals surface area contributed by atoms with E-state index in [0.29, 0.717) is 5.69 Å². The summed E-state index contributed by atoms with van der Waals surface area (Å²) in [4.78, 5) is -0.0625. The zero-order chi connectivity index (χ0) is 12.3. The Balaban J connectivity index is 3.24. The van der Waals surface area contributed by atoms with Gasteiger partial charge in [-0.2, -0.15) is 4.72 Å². The number of rotatable bonds is 3. The van der Waals surface area contributed by atoms with Crippen molar-refractivity contribution in [2.45, 2.75) is 11.8 Å². The molecule has 0 fully saturated rings. The van der Waals surface area contributed by atoms with E-state index in [9.17, 15) is 8.42 Å². The minimum atomic E-state index is -3.70. The summed E-state index contributed by atoms with van der Waals surface area (Å²) in [6, 6.07) is 2.82. The van der Waals surface area contributed by atoms with Crippen molar-refractivity contribution in [2.24, 2.45) is 0 Å². The van der Waals surface area contributed by atoms with Gasteiger partial charge in [-0.25, -0.2) is 8.42 Å². The van der Waals surface area contributed by atoms with Crippen LogP contribution < -0.4 is 10.5 Å². The standard InChI is InChI=1S/C10H11ClN2O2S/c1-3-4-13-16(14,15)10-6-9(12)7(2)5-8(10)11/h1,5-6,13H,4,12H2,2H3. The van der Waals surface area contributed by atoms with Crippen molar-refractivity contribution < 1.29 is 8.42 Å². The highest BCUT2D eigenvalue weighted by Crippen LogP contribution is 2.26. The van der Waals surface area contributed by atoms with Gasteiger partial charge >= 0.3 is 0 Å². The van der Waals surface area contributed by atoms with Gasteiger partial charge in [-0.3, -0.25) is 0 Å². The molecule has 6 heteroatoms. The number of benzene rings is 1. The highest BCUT2D eigenvalue weighted by Gasteiger charge is 2.18. The van der Waals surface area contributed by atoms with Crippen molar-refractivity contribution in [2.75, 3.05) is 12.3 Å². The first-order valence-electron chi connectivity index (χ1n) is 4.37. The summed E-state index contributed by atoms with van der Waals surface area (Å²) >= 11 is 5.84. The molecule has 0 aliphatic carbocycles. The van der Waals surface area contributed by atoms with Gasteiger partial charge in [0.05, 0.1) is 11.6 Å². The van der Waals surface area contributed by atoms with Crippen LogP contribution in [0.2, 0.25) is 5.02 Å². The molecule has 0 spiro atoms. The lowest BCUT2D eigenvalue weighted by atomic mass is 10.2. The van der Waals surface area contributed by atoms with E-state index in [-0.39, 0.29) is 16.5 Å². The summed E-state index contributed by atoms with van der Waals surface area (Å²) in [6.45, 7) is 1.65. The van der Waals surface area contributed by atoms with Crippen LogP contribution in [0.3, 0.4) is 0 Å². The monoisotopic (exact) mass is 258 g/mol. The Bertz CT molecular complexity index is 547. The van der Waals surface area contributed by atoms with Crippen molar-refractivity contribution >= 4 is 27.3 Å². The Morgan fingerprint density at radius 2 is 2.19 bits per heavy atom. The normalized spacial score (nSPS) is 11.1. The maximum absolute atomic E-state index is 11.7. The fourth-order valence-electron chi connectivity index (χ4n) is 1.09. The molecule has 86 valence electrons. The summed E-state index contributed by atoms with van der Waals surface area (Å²) in [5, 5.41) is 0.122. The van der Waals surface area contributed by atoms with Gasteiger partial charge in [0.2, 0.25) is 10.0 Å². The van der Waals surface area contributed by atoms with Gasteiger partial charge in [0.1, 0.15) is 4.90 Å². The maximum atomic E-state index is 11.7. The lowest BCUT2D eigenvalue weighted by molar-refractivity contribution is 0.586. The Kier molecular flexibility index (Phi) is 3.81. The summed E-state index contributed by atoms with van der Waals surface area (Å²) in [5.41, 5.74) is 6.71. The van der Waals surface area contributed by atoms with Crippen LogP contribution in [0.4, 0.5) is 5.69 Å². The first-order valence-corrected chi connectivity index (χ1v) is 6.23.